The average molecular weight is 300 g/mol. The van der Waals surface area contributed by atoms with E-state index in [4.69, 9.17) is 4.42 Å². The van der Waals surface area contributed by atoms with Crippen molar-refractivity contribution in [2.75, 3.05) is 10.6 Å². The molecular formula is C15H13FN4O2. The molecule has 7 heteroatoms. The van der Waals surface area contributed by atoms with Crippen molar-refractivity contribution < 1.29 is 13.6 Å². The molecule has 3 rings (SSSR count). The fourth-order valence-corrected chi connectivity index (χ4v) is 1.97. The lowest BCUT2D eigenvalue weighted by atomic mass is 10.1. The minimum atomic E-state index is -0.575. The molecule has 0 atom stereocenters. The molecule has 1 aromatic carbocycles. The second-order valence-electron chi connectivity index (χ2n) is 4.63. The van der Waals surface area contributed by atoms with Gasteiger partial charge in [0.2, 0.25) is 0 Å². The molecule has 2 amide bonds. The summed E-state index contributed by atoms with van der Waals surface area (Å²) in [6, 6.07) is 8.91. The molecule has 0 radical (unpaired) electrons. The predicted molar refractivity (Wildman–Crippen MR) is 80.0 cm³/mol. The zero-order valence-electron chi connectivity index (χ0n) is 11.7. The van der Waals surface area contributed by atoms with E-state index in [2.05, 4.69) is 15.7 Å². The van der Waals surface area contributed by atoms with Gasteiger partial charge in [-0.15, -0.1) is 0 Å². The van der Waals surface area contributed by atoms with Crippen LogP contribution in [0, 0.1) is 5.82 Å². The fraction of sp³-hybridized carbons (Fsp3) is 0.0667. The van der Waals surface area contributed by atoms with Gasteiger partial charge >= 0.3 is 6.03 Å². The van der Waals surface area contributed by atoms with Crippen LogP contribution in [0.3, 0.4) is 0 Å². The Bertz CT molecular complexity index is 796. The summed E-state index contributed by atoms with van der Waals surface area (Å²) in [5.74, 6) is 0.433. The van der Waals surface area contributed by atoms with Crippen molar-refractivity contribution in [3.8, 4) is 11.3 Å². The number of aryl methyl sites for hydroxylation is 1. The summed E-state index contributed by atoms with van der Waals surface area (Å²) in [5, 5.41) is 8.98. The first kappa shape index (κ1) is 13.9. The quantitative estimate of drug-likeness (QED) is 0.778. The van der Waals surface area contributed by atoms with Gasteiger partial charge in [-0.05, 0) is 30.3 Å². The molecule has 0 unspecified atom stereocenters. The fourth-order valence-electron chi connectivity index (χ4n) is 1.97. The zero-order valence-corrected chi connectivity index (χ0v) is 11.7. The largest absolute Gasteiger partial charge is 0.464 e. The number of anilines is 2. The van der Waals surface area contributed by atoms with E-state index in [9.17, 15) is 9.18 Å². The lowest BCUT2D eigenvalue weighted by Crippen LogP contribution is -2.20. The molecule has 22 heavy (non-hydrogen) atoms. The standard InChI is InChI=1S/C15H13FN4O2/c1-20-7-6-14(19-20)18-15(21)17-12-9-10(4-5-11(12)16)13-3-2-8-22-13/h2-9H,1H3,(H2,17,18,19,21). The molecule has 6 nitrogen and oxygen atoms in total. The Kier molecular flexibility index (Phi) is 3.61. The van der Waals surface area contributed by atoms with E-state index in [-0.39, 0.29) is 5.69 Å². The first-order chi connectivity index (χ1) is 10.6. The predicted octanol–water partition coefficient (Wildman–Crippen LogP) is 3.46. The molecular weight excluding hydrogens is 287 g/mol. The molecule has 0 aliphatic heterocycles. The van der Waals surface area contributed by atoms with Gasteiger partial charge in [0.05, 0.1) is 12.0 Å². The second kappa shape index (κ2) is 5.72. The van der Waals surface area contributed by atoms with E-state index in [1.54, 1.807) is 42.2 Å². The maximum atomic E-state index is 13.8. The van der Waals surface area contributed by atoms with E-state index in [0.29, 0.717) is 17.1 Å². The third kappa shape index (κ3) is 2.98. The van der Waals surface area contributed by atoms with Crippen molar-refractivity contribution in [1.29, 1.82) is 0 Å². The molecule has 0 saturated heterocycles. The van der Waals surface area contributed by atoms with E-state index in [1.807, 2.05) is 0 Å². The number of rotatable bonds is 3. The number of nitrogens with zero attached hydrogens (tertiary/aromatic N) is 2. The second-order valence-corrected chi connectivity index (χ2v) is 4.63. The molecule has 0 fully saturated rings. The smallest absolute Gasteiger partial charge is 0.324 e. The highest BCUT2D eigenvalue weighted by molar-refractivity contribution is 5.99. The van der Waals surface area contributed by atoms with Gasteiger partial charge in [0, 0.05) is 24.9 Å². The van der Waals surface area contributed by atoms with Gasteiger partial charge in [0.25, 0.3) is 0 Å². The van der Waals surface area contributed by atoms with Crippen molar-refractivity contribution in [2.24, 2.45) is 7.05 Å². The number of nitrogens with one attached hydrogen (secondary N) is 2. The van der Waals surface area contributed by atoms with Gasteiger partial charge in [-0.25, -0.2) is 9.18 Å². The Morgan fingerprint density at radius 3 is 2.82 bits per heavy atom. The van der Waals surface area contributed by atoms with E-state index < -0.39 is 11.8 Å². The molecule has 112 valence electrons. The van der Waals surface area contributed by atoms with Crippen molar-refractivity contribution in [3.05, 3.63) is 54.7 Å². The highest BCUT2D eigenvalue weighted by atomic mass is 19.1. The molecule has 2 N–H and O–H groups in total. The lowest BCUT2D eigenvalue weighted by molar-refractivity contribution is 0.262. The van der Waals surface area contributed by atoms with Crippen LogP contribution in [0.4, 0.5) is 20.7 Å². The number of aromatic nitrogens is 2. The molecule has 0 aliphatic carbocycles. The molecule has 0 spiro atoms. The Labute approximate surface area is 125 Å². The molecule has 0 saturated carbocycles. The highest BCUT2D eigenvalue weighted by Gasteiger charge is 2.11. The third-order valence-electron chi connectivity index (χ3n) is 2.98. The summed E-state index contributed by atoms with van der Waals surface area (Å²) in [6.07, 6.45) is 3.22. The SMILES string of the molecule is Cn1ccc(NC(=O)Nc2cc(-c3ccco3)ccc2F)n1. The van der Waals surface area contributed by atoms with Gasteiger partial charge < -0.3 is 9.73 Å². The summed E-state index contributed by atoms with van der Waals surface area (Å²) >= 11 is 0. The van der Waals surface area contributed by atoms with Crippen LogP contribution in [0.5, 0.6) is 0 Å². The van der Waals surface area contributed by atoms with Crippen LogP contribution in [0.2, 0.25) is 0 Å². The first-order valence-corrected chi connectivity index (χ1v) is 6.53. The number of amides is 2. The Morgan fingerprint density at radius 2 is 2.14 bits per heavy atom. The van der Waals surface area contributed by atoms with Crippen LogP contribution in [0.15, 0.2) is 53.3 Å². The normalized spacial score (nSPS) is 10.5. The highest BCUT2D eigenvalue weighted by Crippen LogP contribution is 2.25. The van der Waals surface area contributed by atoms with Crippen molar-refractivity contribution in [3.63, 3.8) is 0 Å². The van der Waals surface area contributed by atoms with Gasteiger partial charge in [0.1, 0.15) is 11.6 Å². The van der Waals surface area contributed by atoms with Gasteiger partial charge in [-0.3, -0.25) is 10.00 Å². The van der Waals surface area contributed by atoms with Gasteiger partial charge in [-0.1, -0.05) is 0 Å². The van der Waals surface area contributed by atoms with E-state index in [0.717, 1.165) is 0 Å². The Hall–Kier alpha value is -3.09. The molecule has 0 aliphatic rings. The van der Waals surface area contributed by atoms with Crippen molar-refractivity contribution >= 4 is 17.5 Å². The minimum absolute atomic E-state index is 0.0577. The maximum Gasteiger partial charge on any atom is 0.324 e. The number of furan rings is 1. The topological polar surface area (TPSA) is 72.1 Å². The van der Waals surface area contributed by atoms with Gasteiger partial charge in [0.15, 0.2) is 5.82 Å². The number of urea groups is 1. The van der Waals surface area contributed by atoms with Crippen LogP contribution >= 0.6 is 0 Å². The molecule has 0 bridgehead atoms. The van der Waals surface area contributed by atoms with Crippen molar-refractivity contribution in [1.82, 2.24) is 9.78 Å². The van der Waals surface area contributed by atoms with E-state index in [1.165, 1.54) is 18.4 Å². The molecule has 2 aromatic heterocycles. The van der Waals surface area contributed by atoms with Crippen LogP contribution in [0.25, 0.3) is 11.3 Å². The third-order valence-corrected chi connectivity index (χ3v) is 2.98. The number of halogens is 1. The zero-order chi connectivity index (χ0) is 15.5. The molecule has 3 aromatic rings. The summed E-state index contributed by atoms with van der Waals surface area (Å²) in [7, 11) is 1.73. The summed E-state index contributed by atoms with van der Waals surface area (Å²) < 4.78 is 20.6. The summed E-state index contributed by atoms with van der Waals surface area (Å²) in [6.45, 7) is 0. The van der Waals surface area contributed by atoms with Crippen molar-refractivity contribution in [2.45, 2.75) is 0 Å². The number of benzene rings is 1. The number of carbonyl (C=O) groups excluding carboxylic acids is 1. The maximum absolute atomic E-state index is 13.8. The Morgan fingerprint density at radius 1 is 1.27 bits per heavy atom. The summed E-state index contributed by atoms with van der Waals surface area (Å²) in [5.41, 5.74) is 0.724. The number of hydrogen-bond donors (Lipinski definition) is 2. The monoisotopic (exact) mass is 300 g/mol. The minimum Gasteiger partial charge on any atom is -0.464 e. The van der Waals surface area contributed by atoms with Gasteiger partial charge in [-0.2, -0.15) is 5.10 Å². The first-order valence-electron chi connectivity index (χ1n) is 6.53. The van der Waals surface area contributed by atoms with Crippen LogP contribution in [-0.4, -0.2) is 15.8 Å². The van der Waals surface area contributed by atoms with E-state index >= 15 is 0 Å². The summed E-state index contributed by atoms with van der Waals surface area (Å²) in [4.78, 5) is 11.9. The van der Waals surface area contributed by atoms with Crippen LogP contribution in [-0.2, 0) is 7.05 Å². The van der Waals surface area contributed by atoms with Crippen LogP contribution < -0.4 is 10.6 Å². The Balaban J connectivity index is 1.76. The average Bonchev–Trinajstić information content (AvgIpc) is 3.13. The molecule has 2 heterocycles. The van der Waals surface area contributed by atoms with Crippen LogP contribution in [0.1, 0.15) is 0 Å². The lowest BCUT2D eigenvalue weighted by Gasteiger charge is -2.08. The number of hydrogen-bond acceptors (Lipinski definition) is 3. The number of carbonyl (C=O) groups is 1.